The first-order chi connectivity index (χ1) is 9.61. The molecule has 0 saturated heterocycles. The van der Waals surface area contributed by atoms with Gasteiger partial charge in [-0.25, -0.2) is 9.97 Å². The lowest BCUT2D eigenvalue weighted by molar-refractivity contribution is -0.142. The first-order valence-corrected chi connectivity index (χ1v) is 6.31. The molecule has 0 amide bonds. The van der Waals surface area contributed by atoms with Gasteiger partial charge in [0.15, 0.2) is 0 Å². The number of rotatable bonds is 4. The van der Waals surface area contributed by atoms with Gasteiger partial charge in [-0.05, 0) is 13.0 Å². The standard InChI is InChI=1S/C14H13ClN2O3/c1-9(14(18)19-2)10-5-3-4-6-11(10)20-13-7-12(15)16-8-17-13/h3-9H,1-2H3. The maximum Gasteiger partial charge on any atom is 0.312 e. The minimum absolute atomic E-state index is 0.286. The molecule has 0 radical (unpaired) electrons. The zero-order chi connectivity index (χ0) is 14.5. The Hall–Kier alpha value is -2.14. The molecule has 1 heterocycles. The number of hydrogen-bond donors (Lipinski definition) is 0. The topological polar surface area (TPSA) is 61.3 Å². The highest BCUT2D eigenvalue weighted by atomic mass is 35.5. The van der Waals surface area contributed by atoms with Crippen LogP contribution in [-0.4, -0.2) is 23.0 Å². The van der Waals surface area contributed by atoms with Crippen LogP contribution in [0.5, 0.6) is 11.6 Å². The zero-order valence-corrected chi connectivity index (χ0v) is 11.8. The maximum atomic E-state index is 11.6. The van der Waals surface area contributed by atoms with Crippen LogP contribution in [0.15, 0.2) is 36.7 Å². The number of nitrogens with zero attached hydrogens (tertiary/aromatic N) is 2. The van der Waals surface area contributed by atoms with Crippen LogP contribution in [0.2, 0.25) is 5.15 Å². The molecule has 0 spiro atoms. The van der Waals surface area contributed by atoms with Crippen molar-refractivity contribution in [3.63, 3.8) is 0 Å². The van der Waals surface area contributed by atoms with Gasteiger partial charge in [0, 0.05) is 11.6 Å². The number of methoxy groups -OCH3 is 1. The molecule has 104 valence electrons. The van der Waals surface area contributed by atoms with E-state index in [0.29, 0.717) is 17.2 Å². The van der Waals surface area contributed by atoms with Gasteiger partial charge < -0.3 is 9.47 Å². The van der Waals surface area contributed by atoms with Crippen molar-refractivity contribution in [3.05, 3.63) is 47.4 Å². The number of hydrogen-bond acceptors (Lipinski definition) is 5. The fourth-order valence-corrected chi connectivity index (χ4v) is 1.86. The summed E-state index contributed by atoms with van der Waals surface area (Å²) >= 11 is 5.78. The molecule has 0 saturated carbocycles. The van der Waals surface area contributed by atoms with Gasteiger partial charge in [0.25, 0.3) is 0 Å². The minimum Gasteiger partial charge on any atom is -0.469 e. The molecule has 20 heavy (non-hydrogen) atoms. The summed E-state index contributed by atoms with van der Waals surface area (Å²) in [7, 11) is 1.35. The lowest BCUT2D eigenvalue weighted by Crippen LogP contribution is -2.11. The summed E-state index contributed by atoms with van der Waals surface area (Å²) in [6, 6.07) is 8.70. The van der Waals surface area contributed by atoms with Crippen LogP contribution in [0.3, 0.4) is 0 Å². The number of halogens is 1. The van der Waals surface area contributed by atoms with Crippen LogP contribution in [0, 0.1) is 0 Å². The van der Waals surface area contributed by atoms with Crippen molar-refractivity contribution in [2.45, 2.75) is 12.8 Å². The summed E-state index contributed by atoms with van der Waals surface area (Å²) in [6.07, 6.45) is 1.31. The van der Waals surface area contributed by atoms with E-state index in [1.165, 1.54) is 19.5 Å². The van der Waals surface area contributed by atoms with Crippen LogP contribution in [0.4, 0.5) is 0 Å². The van der Waals surface area contributed by atoms with Gasteiger partial charge in [0.2, 0.25) is 5.88 Å². The fourth-order valence-electron chi connectivity index (χ4n) is 1.72. The van der Waals surface area contributed by atoms with E-state index in [1.54, 1.807) is 19.1 Å². The highest BCUT2D eigenvalue weighted by molar-refractivity contribution is 6.29. The molecule has 0 fully saturated rings. The second-order valence-electron chi connectivity index (χ2n) is 4.06. The number of aromatic nitrogens is 2. The summed E-state index contributed by atoms with van der Waals surface area (Å²) < 4.78 is 10.4. The molecule has 1 aromatic carbocycles. The van der Waals surface area contributed by atoms with Crippen LogP contribution in [0.1, 0.15) is 18.4 Å². The van der Waals surface area contributed by atoms with E-state index in [2.05, 4.69) is 9.97 Å². The monoisotopic (exact) mass is 292 g/mol. The van der Waals surface area contributed by atoms with Crippen molar-refractivity contribution in [1.82, 2.24) is 9.97 Å². The molecule has 1 unspecified atom stereocenters. The van der Waals surface area contributed by atoms with Gasteiger partial charge in [-0.1, -0.05) is 29.8 Å². The van der Waals surface area contributed by atoms with E-state index in [-0.39, 0.29) is 11.1 Å². The fraction of sp³-hybridized carbons (Fsp3) is 0.214. The minimum atomic E-state index is -0.437. The Kier molecular flexibility index (Phi) is 4.53. The van der Waals surface area contributed by atoms with E-state index in [0.717, 1.165) is 0 Å². The van der Waals surface area contributed by atoms with Crippen molar-refractivity contribution >= 4 is 17.6 Å². The molecule has 0 N–H and O–H groups in total. The third-order valence-electron chi connectivity index (χ3n) is 2.76. The number of carbonyl (C=O) groups excluding carboxylic acids is 1. The first kappa shape index (κ1) is 14.3. The molecular weight excluding hydrogens is 280 g/mol. The second kappa shape index (κ2) is 6.34. The Labute approximate surface area is 121 Å². The summed E-state index contributed by atoms with van der Waals surface area (Å²) in [5.41, 5.74) is 0.717. The highest BCUT2D eigenvalue weighted by Crippen LogP contribution is 2.30. The quantitative estimate of drug-likeness (QED) is 0.640. The van der Waals surface area contributed by atoms with Crippen LogP contribution in [0.25, 0.3) is 0 Å². The van der Waals surface area contributed by atoms with Crippen molar-refractivity contribution in [3.8, 4) is 11.6 Å². The zero-order valence-electron chi connectivity index (χ0n) is 11.0. The van der Waals surface area contributed by atoms with E-state index in [1.807, 2.05) is 12.1 Å². The molecule has 5 nitrogen and oxygen atoms in total. The lowest BCUT2D eigenvalue weighted by Gasteiger charge is -2.14. The van der Waals surface area contributed by atoms with Crippen LogP contribution in [-0.2, 0) is 9.53 Å². The third kappa shape index (κ3) is 3.24. The Morgan fingerprint density at radius 2 is 2.05 bits per heavy atom. The SMILES string of the molecule is COC(=O)C(C)c1ccccc1Oc1cc(Cl)ncn1. The van der Waals surface area contributed by atoms with Crippen LogP contribution >= 0.6 is 11.6 Å². The highest BCUT2D eigenvalue weighted by Gasteiger charge is 2.20. The smallest absolute Gasteiger partial charge is 0.312 e. The molecule has 6 heteroatoms. The van der Waals surface area contributed by atoms with Crippen molar-refractivity contribution in [1.29, 1.82) is 0 Å². The lowest BCUT2D eigenvalue weighted by atomic mass is 10.0. The van der Waals surface area contributed by atoms with Gasteiger partial charge in [0.1, 0.15) is 17.2 Å². The average Bonchev–Trinajstić information content (AvgIpc) is 2.46. The maximum absolute atomic E-state index is 11.6. The largest absolute Gasteiger partial charge is 0.469 e. The normalized spacial score (nSPS) is 11.8. The Bertz CT molecular complexity index is 619. The molecule has 0 aliphatic heterocycles. The van der Waals surface area contributed by atoms with E-state index in [4.69, 9.17) is 21.1 Å². The third-order valence-corrected chi connectivity index (χ3v) is 2.97. The van der Waals surface area contributed by atoms with E-state index >= 15 is 0 Å². The van der Waals surface area contributed by atoms with Crippen molar-refractivity contribution in [2.24, 2.45) is 0 Å². The predicted molar refractivity (Wildman–Crippen MR) is 74.0 cm³/mol. The average molecular weight is 293 g/mol. The molecule has 2 aromatic rings. The summed E-state index contributed by atoms with van der Waals surface area (Å²) in [6.45, 7) is 1.75. The summed E-state index contributed by atoms with van der Waals surface area (Å²) in [4.78, 5) is 19.4. The summed E-state index contributed by atoms with van der Waals surface area (Å²) in [5.74, 6) is 0.0740. The van der Waals surface area contributed by atoms with Gasteiger partial charge in [-0.2, -0.15) is 0 Å². The molecular formula is C14H13ClN2O3. The molecule has 0 bridgehead atoms. The van der Waals surface area contributed by atoms with Gasteiger partial charge in [0.05, 0.1) is 13.0 Å². The Morgan fingerprint density at radius 1 is 1.30 bits per heavy atom. The number of esters is 1. The number of carbonyl (C=O) groups is 1. The molecule has 1 aromatic heterocycles. The van der Waals surface area contributed by atoms with Crippen molar-refractivity contribution < 1.29 is 14.3 Å². The molecule has 0 aliphatic carbocycles. The van der Waals surface area contributed by atoms with Gasteiger partial charge >= 0.3 is 5.97 Å². The molecule has 2 rings (SSSR count). The second-order valence-corrected chi connectivity index (χ2v) is 4.45. The van der Waals surface area contributed by atoms with Gasteiger partial charge in [-0.3, -0.25) is 4.79 Å². The molecule has 1 atom stereocenters. The Balaban J connectivity index is 2.30. The van der Waals surface area contributed by atoms with Crippen molar-refractivity contribution in [2.75, 3.05) is 7.11 Å². The van der Waals surface area contributed by atoms with Gasteiger partial charge in [-0.15, -0.1) is 0 Å². The first-order valence-electron chi connectivity index (χ1n) is 5.94. The number of benzene rings is 1. The molecule has 0 aliphatic rings. The van der Waals surface area contributed by atoms with E-state index < -0.39 is 5.92 Å². The van der Waals surface area contributed by atoms with E-state index in [9.17, 15) is 4.79 Å². The Morgan fingerprint density at radius 3 is 2.75 bits per heavy atom. The predicted octanol–water partition coefficient (Wildman–Crippen LogP) is 3.20. The summed E-state index contributed by atoms with van der Waals surface area (Å²) in [5, 5.41) is 0.286. The number of ether oxygens (including phenoxy) is 2. The van der Waals surface area contributed by atoms with Crippen LogP contribution < -0.4 is 4.74 Å². The number of para-hydroxylation sites is 1.